The van der Waals surface area contributed by atoms with E-state index in [0.29, 0.717) is 5.70 Å². The molecule has 0 fully saturated rings. The summed E-state index contributed by atoms with van der Waals surface area (Å²) in [4.78, 5) is 14.9. The van der Waals surface area contributed by atoms with Crippen molar-refractivity contribution in [2.24, 2.45) is 0 Å². The van der Waals surface area contributed by atoms with Crippen molar-refractivity contribution in [1.29, 1.82) is 0 Å². The van der Waals surface area contributed by atoms with Gasteiger partial charge in [-0.3, -0.25) is 4.79 Å². The Bertz CT molecular complexity index is 617. The van der Waals surface area contributed by atoms with Crippen LogP contribution in [0.15, 0.2) is 34.8 Å². The molecule has 0 spiro atoms. The van der Waals surface area contributed by atoms with Crippen molar-refractivity contribution in [1.82, 2.24) is 5.32 Å². The van der Waals surface area contributed by atoms with Crippen LogP contribution in [0, 0.1) is 12.6 Å². The minimum Gasteiger partial charge on any atom is -0.502 e. The lowest BCUT2D eigenvalue weighted by atomic mass is 9.96. The molecule has 8 heteroatoms. The van der Waals surface area contributed by atoms with Gasteiger partial charge in [-0.2, -0.15) is 0 Å². The van der Waals surface area contributed by atoms with Gasteiger partial charge in [-0.15, -0.1) is 23.2 Å². The zero-order valence-corrected chi connectivity index (χ0v) is 14.0. The number of fused-ring (bicyclic) bond motifs is 1. The number of ether oxygens (including phenoxy) is 1. The Morgan fingerprint density at radius 2 is 2.26 bits per heavy atom. The highest BCUT2D eigenvalue weighted by molar-refractivity contribution is 6.49. The fourth-order valence-corrected chi connectivity index (χ4v) is 2.31. The van der Waals surface area contributed by atoms with Gasteiger partial charge < -0.3 is 20.3 Å². The number of hydrogen-bond donors (Lipinski definition) is 3. The average Bonchev–Trinajstić information content (AvgIpc) is 2.89. The molecule has 2 rings (SSSR count). The van der Waals surface area contributed by atoms with Crippen molar-refractivity contribution in [3.05, 3.63) is 47.4 Å². The molecular weight excluding hydrogens is 343 g/mol. The number of rotatable bonds is 6. The first-order valence-electron chi connectivity index (χ1n) is 6.78. The standard InChI is InChI=1S/C15H15Cl2N2O4/c1-15(16,17)14(22)19-10(13(21)23-2)6-8-7-18-12-9(8)4-3-5-11(12)20/h3-5,7,10,19-20H,6H2,1-2H3/q-1/p+1. The molecule has 1 aliphatic carbocycles. The molecule has 0 bridgehead atoms. The molecule has 0 aromatic rings. The smallest absolute Gasteiger partial charge is 0.320 e. The van der Waals surface area contributed by atoms with Crippen LogP contribution in [0.25, 0.3) is 0 Å². The number of nitrogens with one attached hydrogen (secondary N) is 2. The number of carbonyl (C=O) groups is 1. The van der Waals surface area contributed by atoms with E-state index >= 15 is 0 Å². The Kier molecular flexibility index (Phi) is 5.52. The van der Waals surface area contributed by atoms with Gasteiger partial charge in [0.25, 0.3) is 0 Å². The van der Waals surface area contributed by atoms with Crippen molar-refractivity contribution in [3.8, 4) is 0 Å². The molecule has 1 unspecified atom stereocenters. The molecule has 124 valence electrons. The largest absolute Gasteiger partial charge is 0.502 e. The van der Waals surface area contributed by atoms with Crippen molar-refractivity contribution in [2.75, 3.05) is 7.11 Å². The Morgan fingerprint density at radius 1 is 1.57 bits per heavy atom. The average molecular weight is 359 g/mol. The zero-order valence-electron chi connectivity index (χ0n) is 12.5. The Balaban J connectivity index is 2.20. The van der Waals surface area contributed by atoms with E-state index in [2.05, 4.69) is 10.3 Å². The second-order valence-electron chi connectivity index (χ2n) is 5.16. The molecular formula is C15H16Cl2N2O4. The second-order valence-corrected chi connectivity index (χ2v) is 6.86. The van der Waals surface area contributed by atoms with Gasteiger partial charge in [0.2, 0.25) is 5.70 Å². The Labute approximate surface area is 144 Å². The number of aliphatic hydroxyl groups excluding tert-OH is 1. The highest BCUT2D eigenvalue weighted by Gasteiger charge is 2.31. The summed E-state index contributed by atoms with van der Waals surface area (Å²) >= 11 is 11.5. The van der Waals surface area contributed by atoms with Crippen molar-refractivity contribution < 1.29 is 24.7 Å². The summed E-state index contributed by atoms with van der Waals surface area (Å²) in [6.07, 6.45) is 6.16. The first kappa shape index (κ1) is 18.0. The van der Waals surface area contributed by atoms with Crippen LogP contribution in [0.2, 0.25) is 0 Å². The first-order valence-corrected chi connectivity index (χ1v) is 7.54. The van der Waals surface area contributed by atoms with Gasteiger partial charge in [-0.05, 0) is 6.08 Å². The molecule has 1 heterocycles. The van der Waals surface area contributed by atoms with Gasteiger partial charge in [0, 0.05) is 28.3 Å². The quantitative estimate of drug-likeness (QED) is 0.368. The molecule has 0 amide bonds. The molecule has 2 aliphatic rings. The molecule has 0 aromatic carbocycles. The maximum Gasteiger partial charge on any atom is 0.320 e. The van der Waals surface area contributed by atoms with Crippen LogP contribution < -0.4 is 10.3 Å². The Hall–Kier alpha value is -1.34. The summed E-state index contributed by atoms with van der Waals surface area (Å²) in [6.45, 7) is 1.31. The lowest BCUT2D eigenvalue weighted by molar-refractivity contribution is -0.385. The van der Waals surface area contributed by atoms with Crippen LogP contribution in [-0.4, -0.2) is 34.8 Å². The van der Waals surface area contributed by atoms with Gasteiger partial charge >= 0.3 is 5.97 Å². The number of aliphatic hydroxyl groups is 1. The molecule has 0 saturated heterocycles. The summed E-state index contributed by atoms with van der Waals surface area (Å²) in [6, 6.07) is -0.953. The van der Waals surface area contributed by atoms with Gasteiger partial charge in [-0.1, -0.05) is 19.2 Å². The second kappa shape index (κ2) is 7.05. The number of halogens is 2. The molecule has 3 N–H and O–H groups in total. The summed E-state index contributed by atoms with van der Waals surface area (Å²) in [7, 11) is 1.23. The third kappa shape index (κ3) is 4.14. The van der Waals surface area contributed by atoms with E-state index in [1.165, 1.54) is 14.0 Å². The van der Waals surface area contributed by atoms with Crippen LogP contribution >= 0.6 is 23.2 Å². The first-order chi connectivity index (χ1) is 10.7. The number of hydrogen-bond acceptors (Lipinski definition) is 4. The maximum absolute atomic E-state index is 11.9. The van der Waals surface area contributed by atoms with E-state index in [9.17, 15) is 15.0 Å². The molecule has 1 atom stereocenters. The molecule has 1 aliphatic heterocycles. The van der Waals surface area contributed by atoms with E-state index in [-0.39, 0.29) is 12.2 Å². The molecule has 23 heavy (non-hydrogen) atoms. The maximum atomic E-state index is 11.9. The lowest BCUT2D eigenvalue weighted by Crippen LogP contribution is -2.65. The SMILES string of the molecule is COC(=O)C(CC1=C2[CH]C=CC(O)=C2[NH+]=C1)N[C-]([O])C(C)(Cl)Cl. The number of alkyl halides is 2. The predicted octanol–water partition coefficient (Wildman–Crippen LogP) is 0.627. The summed E-state index contributed by atoms with van der Waals surface area (Å²) in [5, 5.41) is 24.2. The van der Waals surface area contributed by atoms with E-state index < -0.39 is 22.6 Å². The third-order valence-corrected chi connectivity index (χ3v) is 3.74. The Morgan fingerprint density at radius 3 is 2.87 bits per heavy atom. The number of carbonyl (C=O) groups excluding carboxylic acids is 1. The fraction of sp³-hybridized carbons (Fsp3) is 0.333. The summed E-state index contributed by atoms with van der Waals surface area (Å²) < 4.78 is 3.05. The summed E-state index contributed by atoms with van der Waals surface area (Å²) in [5.41, 5.74) is 2.03. The zero-order chi connectivity index (χ0) is 17.2. The number of allylic oxidation sites excluding steroid dienone is 3. The van der Waals surface area contributed by atoms with Crippen molar-refractivity contribution in [2.45, 2.75) is 23.7 Å². The molecule has 2 radical (unpaired) electrons. The minimum atomic E-state index is -1.66. The van der Waals surface area contributed by atoms with E-state index in [4.69, 9.17) is 27.9 Å². The normalized spacial score (nSPS) is 18.7. The predicted molar refractivity (Wildman–Crippen MR) is 84.7 cm³/mol. The van der Waals surface area contributed by atoms with Crippen LogP contribution in [0.4, 0.5) is 0 Å². The number of methoxy groups -OCH3 is 1. The van der Waals surface area contributed by atoms with Crippen LogP contribution in [0.5, 0.6) is 0 Å². The van der Waals surface area contributed by atoms with Crippen LogP contribution in [-0.2, 0) is 14.6 Å². The minimum absolute atomic E-state index is 0.0986. The highest BCUT2D eigenvalue weighted by atomic mass is 35.5. The molecule has 6 nitrogen and oxygen atoms in total. The van der Waals surface area contributed by atoms with E-state index in [1.807, 2.05) is 0 Å². The molecule has 0 aromatic heterocycles. The highest BCUT2D eigenvalue weighted by Crippen LogP contribution is 2.30. The van der Waals surface area contributed by atoms with Crippen LogP contribution in [0.1, 0.15) is 13.3 Å². The summed E-state index contributed by atoms with van der Waals surface area (Å²) in [5.74, 6) is -0.521. The third-order valence-electron chi connectivity index (χ3n) is 3.39. The lowest BCUT2D eigenvalue weighted by Gasteiger charge is -2.36. The van der Waals surface area contributed by atoms with Crippen molar-refractivity contribution >= 4 is 35.4 Å². The van der Waals surface area contributed by atoms with Gasteiger partial charge in [0.1, 0.15) is 0 Å². The van der Waals surface area contributed by atoms with E-state index in [1.54, 1.807) is 24.8 Å². The fourth-order valence-electron chi connectivity index (χ4n) is 2.21. The van der Waals surface area contributed by atoms with E-state index in [0.717, 1.165) is 11.1 Å². The van der Waals surface area contributed by atoms with Gasteiger partial charge in [-0.25, -0.2) is 4.99 Å². The van der Waals surface area contributed by atoms with Gasteiger partial charge in [0.15, 0.2) is 12.0 Å². The van der Waals surface area contributed by atoms with Crippen LogP contribution in [0.3, 0.4) is 0 Å². The van der Waals surface area contributed by atoms with Gasteiger partial charge in [0.05, 0.1) is 13.2 Å². The molecule has 0 saturated carbocycles. The topological polar surface area (TPSA) is 92.4 Å². The van der Waals surface area contributed by atoms with Crippen molar-refractivity contribution in [3.63, 3.8) is 0 Å². The monoisotopic (exact) mass is 358 g/mol. The number of esters is 1.